The minimum atomic E-state index is -0.0579. The number of thioether (sulfide) groups is 1. The highest BCUT2D eigenvalue weighted by Gasteiger charge is 2.22. The summed E-state index contributed by atoms with van der Waals surface area (Å²) in [6.07, 6.45) is 3.54. The van der Waals surface area contributed by atoms with Gasteiger partial charge in [0.1, 0.15) is 0 Å². The van der Waals surface area contributed by atoms with Gasteiger partial charge in [0.25, 0.3) is 5.91 Å². The minimum absolute atomic E-state index is 0.0579. The molecule has 2 heterocycles. The van der Waals surface area contributed by atoms with E-state index in [2.05, 4.69) is 44.8 Å². The number of aryl methyl sites for hydroxylation is 2. The van der Waals surface area contributed by atoms with Crippen LogP contribution in [0.25, 0.3) is 10.2 Å². The summed E-state index contributed by atoms with van der Waals surface area (Å²) in [6.45, 7) is 8.94. The highest BCUT2D eigenvalue weighted by atomic mass is 32.2. The number of nitrogens with zero attached hydrogens (tertiary/aromatic N) is 3. The van der Waals surface area contributed by atoms with Crippen molar-refractivity contribution < 1.29 is 4.79 Å². The maximum absolute atomic E-state index is 13.6. The van der Waals surface area contributed by atoms with E-state index >= 15 is 0 Å². The van der Waals surface area contributed by atoms with Crippen LogP contribution in [0.5, 0.6) is 0 Å². The second-order valence-corrected chi connectivity index (χ2v) is 10.5. The Bertz CT molecular complexity index is 1160. The summed E-state index contributed by atoms with van der Waals surface area (Å²) in [6, 6.07) is 16.0. The van der Waals surface area contributed by atoms with E-state index in [-0.39, 0.29) is 5.91 Å². The van der Waals surface area contributed by atoms with E-state index in [1.807, 2.05) is 36.4 Å². The molecule has 0 aliphatic rings. The van der Waals surface area contributed by atoms with Crippen LogP contribution in [-0.2, 0) is 6.54 Å². The number of hydrogen-bond donors (Lipinski definition) is 0. The van der Waals surface area contributed by atoms with Crippen LogP contribution in [-0.4, -0.2) is 21.1 Å². The molecule has 0 radical (unpaired) electrons. The molecule has 4 rings (SSSR count). The zero-order valence-corrected chi connectivity index (χ0v) is 19.8. The van der Waals surface area contributed by atoms with Crippen molar-refractivity contribution in [1.29, 1.82) is 0 Å². The first-order chi connectivity index (χ1) is 14.9. The Morgan fingerprint density at radius 3 is 2.52 bits per heavy atom. The molecule has 0 unspecified atom stereocenters. The number of fused-ring (bicyclic) bond motifs is 1. The zero-order chi connectivity index (χ0) is 22.0. The third-order valence-corrected chi connectivity index (χ3v) is 7.06. The van der Waals surface area contributed by atoms with Crippen molar-refractivity contribution in [2.75, 3.05) is 4.90 Å². The van der Waals surface area contributed by atoms with Crippen molar-refractivity contribution in [2.24, 2.45) is 0 Å². The fraction of sp³-hybridized carbons (Fsp3) is 0.240. The fourth-order valence-corrected chi connectivity index (χ4v) is 5.17. The lowest BCUT2D eigenvalue weighted by atomic mass is 10.1. The van der Waals surface area contributed by atoms with Crippen LogP contribution < -0.4 is 4.90 Å². The van der Waals surface area contributed by atoms with E-state index in [1.54, 1.807) is 40.4 Å². The number of aromatic nitrogens is 2. The third-order valence-electron chi connectivity index (χ3n) is 5.01. The molecule has 0 saturated heterocycles. The summed E-state index contributed by atoms with van der Waals surface area (Å²) in [4.78, 5) is 25.5. The molecule has 0 fully saturated rings. The Hall–Kier alpha value is -2.70. The van der Waals surface area contributed by atoms with Gasteiger partial charge in [-0.1, -0.05) is 31.3 Å². The molecule has 2 aromatic carbocycles. The second-order valence-electron chi connectivity index (χ2n) is 7.84. The number of pyridine rings is 1. The SMILES string of the molecule is Cc1cc2nc(N(Cc3cccnc3)C(=O)c3ccc(SC(C)C)cc3)sc2cc1C. The molecule has 0 saturated carbocycles. The quantitative estimate of drug-likeness (QED) is 0.310. The number of benzene rings is 2. The van der Waals surface area contributed by atoms with Crippen molar-refractivity contribution in [3.8, 4) is 0 Å². The van der Waals surface area contributed by atoms with Crippen LogP contribution in [0.4, 0.5) is 5.13 Å². The molecule has 0 N–H and O–H groups in total. The van der Waals surface area contributed by atoms with E-state index in [0.29, 0.717) is 22.5 Å². The van der Waals surface area contributed by atoms with Crippen molar-refractivity contribution in [3.05, 3.63) is 83.2 Å². The van der Waals surface area contributed by atoms with Gasteiger partial charge in [0.05, 0.1) is 16.8 Å². The molecule has 6 heteroatoms. The molecule has 4 nitrogen and oxygen atoms in total. The smallest absolute Gasteiger partial charge is 0.260 e. The van der Waals surface area contributed by atoms with Crippen molar-refractivity contribution >= 4 is 44.4 Å². The van der Waals surface area contributed by atoms with Gasteiger partial charge in [-0.25, -0.2) is 4.98 Å². The largest absolute Gasteiger partial charge is 0.279 e. The van der Waals surface area contributed by atoms with Gasteiger partial charge in [-0.15, -0.1) is 11.8 Å². The Kier molecular flexibility index (Phi) is 6.39. The fourth-order valence-electron chi connectivity index (χ4n) is 3.29. The Morgan fingerprint density at radius 1 is 1.10 bits per heavy atom. The Labute approximate surface area is 191 Å². The predicted molar refractivity (Wildman–Crippen MR) is 131 cm³/mol. The molecular weight excluding hydrogens is 422 g/mol. The van der Waals surface area contributed by atoms with E-state index in [4.69, 9.17) is 4.98 Å². The van der Waals surface area contributed by atoms with E-state index in [1.165, 1.54) is 11.1 Å². The van der Waals surface area contributed by atoms with E-state index in [9.17, 15) is 4.79 Å². The molecule has 4 aromatic rings. The first kappa shape index (κ1) is 21.5. The standard InChI is InChI=1S/C25H25N3OS2/c1-16(2)30-21-9-7-20(8-10-21)24(29)28(15-19-6-5-11-26-14-19)25-27-22-12-17(3)18(4)13-23(22)31-25/h5-14,16H,15H2,1-4H3. The predicted octanol–water partition coefficient (Wildman–Crippen LogP) is 6.66. The number of anilines is 1. The number of thiazole rings is 1. The molecule has 0 aliphatic heterocycles. The number of amides is 1. The summed E-state index contributed by atoms with van der Waals surface area (Å²) < 4.78 is 1.09. The van der Waals surface area contributed by atoms with E-state index in [0.717, 1.165) is 20.7 Å². The molecule has 0 bridgehead atoms. The zero-order valence-electron chi connectivity index (χ0n) is 18.1. The van der Waals surface area contributed by atoms with Gasteiger partial charge in [-0.2, -0.15) is 0 Å². The van der Waals surface area contributed by atoms with Crippen LogP contribution in [0, 0.1) is 13.8 Å². The summed E-state index contributed by atoms with van der Waals surface area (Å²) in [5.74, 6) is -0.0579. The summed E-state index contributed by atoms with van der Waals surface area (Å²) in [5, 5.41) is 1.20. The molecule has 1 amide bonds. The summed E-state index contributed by atoms with van der Waals surface area (Å²) in [5.41, 5.74) is 4.98. The summed E-state index contributed by atoms with van der Waals surface area (Å²) >= 11 is 3.34. The van der Waals surface area contributed by atoms with Gasteiger partial charge in [-0.3, -0.25) is 14.7 Å². The molecule has 0 spiro atoms. The maximum atomic E-state index is 13.6. The third kappa shape index (κ3) is 4.97. The number of carbonyl (C=O) groups is 1. The lowest BCUT2D eigenvalue weighted by molar-refractivity contribution is 0.0985. The van der Waals surface area contributed by atoms with Gasteiger partial charge in [0.15, 0.2) is 5.13 Å². The van der Waals surface area contributed by atoms with Crippen LogP contribution in [0.3, 0.4) is 0 Å². The molecule has 0 atom stereocenters. The van der Waals surface area contributed by atoms with Gasteiger partial charge in [0, 0.05) is 28.1 Å². The maximum Gasteiger partial charge on any atom is 0.260 e. The molecular formula is C25H25N3OS2. The first-order valence-corrected chi connectivity index (χ1v) is 12.0. The molecule has 158 valence electrons. The van der Waals surface area contributed by atoms with Gasteiger partial charge in [0.2, 0.25) is 0 Å². The van der Waals surface area contributed by atoms with Crippen LogP contribution in [0.15, 0.2) is 65.8 Å². The second kappa shape index (κ2) is 9.20. The highest BCUT2D eigenvalue weighted by molar-refractivity contribution is 7.99. The Morgan fingerprint density at radius 2 is 1.84 bits per heavy atom. The van der Waals surface area contributed by atoms with Gasteiger partial charge < -0.3 is 0 Å². The van der Waals surface area contributed by atoms with Gasteiger partial charge >= 0.3 is 0 Å². The number of rotatable bonds is 6. The average Bonchev–Trinajstić information content (AvgIpc) is 3.15. The normalized spacial score (nSPS) is 11.3. The molecule has 2 aromatic heterocycles. The van der Waals surface area contributed by atoms with E-state index < -0.39 is 0 Å². The minimum Gasteiger partial charge on any atom is -0.279 e. The lowest BCUT2D eigenvalue weighted by Gasteiger charge is -2.20. The van der Waals surface area contributed by atoms with Crippen molar-refractivity contribution in [1.82, 2.24) is 9.97 Å². The number of hydrogen-bond acceptors (Lipinski definition) is 5. The highest BCUT2D eigenvalue weighted by Crippen LogP contribution is 2.33. The van der Waals surface area contributed by atoms with Crippen LogP contribution >= 0.6 is 23.1 Å². The van der Waals surface area contributed by atoms with Crippen LogP contribution in [0.1, 0.15) is 40.9 Å². The van der Waals surface area contributed by atoms with Crippen molar-refractivity contribution in [2.45, 2.75) is 44.4 Å². The molecule has 31 heavy (non-hydrogen) atoms. The van der Waals surface area contributed by atoms with Crippen LogP contribution in [0.2, 0.25) is 0 Å². The molecule has 0 aliphatic carbocycles. The average molecular weight is 448 g/mol. The topological polar surface area (TPSA) is 46.1 Å². The monoisotopic (exact) mass is 447 g/mol. The van der Waals surface area contributed by atoms with Crippen molar-refractivity contribution in [3.63, 3.8) is 0 Å². The van der Waals surface area contributed by atoms with Gasteiger partial charge in [-0.05, 0) is 73.0 Å². The first-order valence-electron chi connectivity index (χ1n) is 10.3. The summed E-state index contributed by atoms with van der Waals surface area (Å²) in [7, 11) is 0. The Balaban J connectivity index is 1.71. The number of carbonyl (C=O) groups excluding carboxylic acids is 1. The lowest BCUT2D eigenvalue weighted by Crippen LogP contribution is -2.30.